The van der Waals surface area contributed by atoms with E-state index >= 15 is 0 Å². The smallest absolute Gasteiger partial charge is 0.408 e. The fourth-order valence-corrected chi connectivity index (χ4v) is 7.47. The first-order chi connectivity index (χ1) is 20.5. The third kappa shape index (κ3) is 6.11. The van der Waals surface area contributed by atoms with Crippen LogP contribution in [0.4, 0.5) is 4.79 Å². The highest BCUT2D eigenvalue weighted by molar-refractivity contribution is 7.89. The van der Waals surface area contributed by atoms with Gasteiger partial charge in [-0.05, 0) is 49.2 Å². The van der Waals surface area contributed by atoms with E-state index in [1.54, 1.807) is 77.7 Å². The van der Waals surface area contributed by atoms with Crippen molar-refractivity contribution in [1.82, 2.24) is 19.0 Å². The molecule has 0 bridgehead atoms. The molecule has 2 heterocycles. The lowest BCUT2D eigenvalue weighted by Gasteiger charge is -2.55. The van der Waals surface area contributed by atoms with Crippen molar-refractivity contribution in [1.29, 1.82) is 0 Å². The summed E-state index contributed by atoms with van der Waals surface area (Å²) < 4.78 is 29.6. The summed E-state index contributed by atoms with van der Waals surface area (Å²) in [5, 5.41) is 10.8. The van der Waals surface area contributed by atoms with Gasteiger partial charge in [-0.25, -0.2) is 13.2 Å². The van der Waals surface area contributed by atoms with Crippen LogP contribution in [-0.4, -0.2) is 87.8 Å². The van der Waals surface area contributed by atoms with Gasteiger partial charge < -0.3 is 14.9 Å². The van der Waals surface area contributed by atoms with E-state index in [0.29, 0.717) is 10.6 Å². The molecule has 3 atom stereocenters. The van der Waals surface area contributed by atoms with Gasteiger partial charge in [-0.2, -0.15) is 4.31 Å². The zero-order valence-corrected chi connectivity index (χ0v) is 25.4. The SMILES string of the molecule is CC(C)N1CC2N(C(=O)C(N(Cc3ccccc3)C(=O)O)CN2S(=O)(=O)c2ccccc2)C(Cc2ccc(Cl)cc2)C1=O. The van der Waals surface area contributed by atoms with Crippen molar-refractivity contribution < 1.29 is 27.9 Å². The first-order valence-corrected chi connectivity index (χ1v) is 15.8. The van der Waals surface area contributed by atoms with Crippen LogP contribution in [0.15, 0.2) is 89.8 Å². The average Bonchev–Trinajstić information content (AvgIpc) is 2.99. The number of rotatable bonds is 8. The molecule has 0 aliphatic carbocycles. The van der Waals surface area contributed by atoms with Crippen molar-refractivity contribution in [3.63, 3.8) is 0 Å². The Morgan fingerprint density at radius 3 is 2.09 bits per heavy atom. The Hall–Kier alpha value is -3.93. The number of hydrogen-bond acceptors (Lipinski definition) is 5. The molecule has 226 valence electrons. The van der Waals surface area contributed by atoms with E-state index in [4.69, 9.17) is 11.6 Å². The number of amides is 3. The molecule has 3 aromatic rings. The van der Waals surface area contributed by atoms with Crippen molar-refractivity contribution in [2.75, 3.05) is 13.1 Å². The Labute approximate surface area is 256 Å². The average molecular weight is 625 g/mol. The van der Waals surface area contributed by atoms with Crippen LogP contribution < -0.4 is 0 Å². The third-order valence-electron chi connectivity index (χ3n) is 7.94. The van der Waals surface area contributed by atoms with Crippen LogP contribution in [0, 0.1) is 0 Å². The molecular weight excluding hydrogens is 592 g/mol. The highest BCUT2D eigenvalue weighted by atomic mass is 35.5. The lowest BCUT2D eigenvalue weighted by molar-refractivity contribution is -0.171. The Balaban J connectivity index is 1.64. The topological polar surface area (TPSA) is 119 Å². The molecule has 0 aromatic heterocycles. The Bertz CT molecular complexity index is 1590. The van der Waals surface area contributed by atoms with Crippen molar-refractivity contribution in [3.05, 3.63) is 101 Å². The minimum Gasteiger partial charge on any atom is -0.465 e. The molecule has 1 N–H and O–H groups in total. The van der Waals surface area contributed by atoms with Gasteiger partial charge in [0, 0.05) is 30.6 Å². The van der Waals surface area contributed by atoms with Gasteiger partial charge in [-0.15, -0.1) is 0 Å². The van der Waals surface area contributed by atoms with Gasteiger partial charge in [0.05, 0.1) is 11.4 Å². The van der Waals surface area contributed by atoms with Crippen molar-refractivity contribution in [3.8, 4) is 0 Å². The van der Waals surface area contributed by atoms with Gasteiger partial charge in [0.25, 0.3) is 0 Å². The predicted octanol–water partition coefficient (Wildman–Crippen LogP) is 3.91. The summed E-state index contributed by atoms with van der Waals surface area (Å²) >= 11 is 6.09. The summed E-state index contributed by atoms with van der Waals surface area (Å²) in [6.45, 7) is 3.08. The molecule has 2 aliphatic rings. The molecule has 3 aromatic carbocycles. The maximum Gasteiger partial charge on any atom is 0.408 e. The summed E-state index contributed by atoms with van der Waals surface area (Å²) in [5.74, 6) is -0.948. The van der Waals surface area contributed by atoms with Crippen LogP contribution in [0.1, 0.15) is 25.0 Å². The summed E-state index contributed by atoms with van der Waals surface area (Å²) in [5.41, 5.74) is 1.36. The monoisotopic (exact) mass is 624 g/mol. The number of piperazine rings is 1. The van der Waals surface area contributed by atoms with Crippen molar-refractivity contribution in [2.24, 2.45) is 0 Å². The molecule has 0 spiro atoms. The van der Waals surface area contributed by atoms with Crippen LogP contribution in [0.25, 0.3) is 0 Å². The molecular formula is C31H33ClN4O6S. The van der Waals surface area contributed by atoms with E-state index in [1.165, 1.54) is 21.3 Å². The normalized spacial score (nSPS) is 21.2. The molecule has 10 nitrogen and oxygen atoms in total. The van der Waals surface area contributed by atoms with Gasteiger partial charge >= 0.3 is 6.09 Å². The summed E-state index contributed by atoms with van der Waals surface area (Å²) in [7, 11) is -4.22. The van der Waals surface area contributed by atoms with Crippen molar-refractivity contribution >= 4 is 39.5 Å². The first kappa shape index (κ1) is 30.5. The third-order valence-corrected chi connectivity index (χ3v) is 10.1. The highest BCUT2D eigenvalue weighted by Crippen LogP contribution is 2.34. The lowest BCUT2D eigenvalue weighted by atomic mass is 9.96. The zero-order valence-electron chi connectivity index (χ0n) is 23.8. The maximum absolute atomic E-state index is 14.4. The zero-order chi connectivity index (χ0) is 30.9. The van der Waals surface area contributed by atoms with Crippen molar-refractivity contribution in [2.45, 2.75) is 56.0 Å². The number of nitrogens with zero attached hydrogens (tertiary/aromatic N) is 4. The second-order valence-corrected chi connectivity index (χ2v) is 13.3. The Morgan fingerprint density at radius 2 is 1.51 bits per heavy atom. The van der Waals surface area contributed by atoms with Gasteiger partial charge in [0.2, 0.25) is 21.8 Å². The molecule has 2 aliphatic heterocycles. The molecule has 3 amide bonds. The van der Waals surface area contributed by atoms with E-state index < -0.39 is 46.8 Å². The lowest BCUT2D eigenvalue weighted by Crippen LogP contribution is -2.76. The minimum atomic E-state index is -4.22. The highest BCUT2D eigenvalue weighted by Gasteiger charge is 2.55. The molecule has 2 saturated heterocycles. The molecule has 0 saturated carbocycles. The standard InChI is InChI=1S/C31H33ClN4O6S/c1-21(2)33-20-28-35(43(41,42)25-11-7-4-8-12-25)19-27(34(31(39)40)18-23-9-5-3-6-10-23)30(38)36(28)26(29(33)37)17-22-13-15-24(32)16-14-22/h3-16,21,26-28H,17-20H2,1-2H3,(H,39,40). The fraction of sp³-hybridized carbons (Fsp3) is 0.323. The molecule has 2 fully saturated rings. The van der Waals surface area contributed by atoms with E-state index in [-0.39, 0.29) is 36.4 Å². The molecule has 3 unspecified atom stereocenters. The van der Waals surface area contributed by atoms with Gasteiger partial charge in [-0.1, -0.05) is 72.3 Å². The van der Waals surface area contributed by atoms with Gasteiger partial charge in [-0.3, -0.25) is 14.5 Å². The Morgan fingerprint density at radius 1 is 0.907 bits per heavy atom. The first-order valence-electron chi connectivity index (χ1n) is 14.0. The predicted molar refractivity (Wildman–Crippen MR) is 161 cm³/mol. The van der Waals surface area contributed by atoms with Crippen LogP contribution >= 0.6 is 11.6 Å². The summed E-state index contributed by atoms with van der Waals surface area (Å²) in [6.07, 6.45) is -2.32. The summed E-state index contributed by atoms with van der Waals surface area (Å²) in [4.78, 5) is 44.9. The number of carboxylic acid groups (broad SMARTS) is 1. The van der Waals surface area contributed by atoms with E-state index in [9.17, 15) is 27.9 Å². The summed E-state index contributed by atoms with van der Waals surface area (Å²) in [6, 6.07) is 20.7. The maximum atomic E-state index is 14.4. The van der Waals surface area contributed by atoms with Crippen LogP contribution in [-0.2, 0) is 32.6 Å². The number of carbonyl (C=O) groups is 3. The fourth-order valence-electron chi connectivity index (χ4n) is 5.75. The van der Waals surface area contributed by atoms with E-state index in [1.807, 2.05) is 13.8 Å². The number of carbonyl (C=O) groups excluding carboxylic acids is 2. The quantitative estimate of drug-likeness (QED) is 0.406. The number of sulfonamides is 1. The van der Waals surface area contributed by atoms with Crippen LogP contribution in [0.5, 0.6) is 0 Å². The number of halogens is 1. The van der Waals surface area contributed by atoms with Crippen LogP contribution in [0.3, 0.4) is 0 Å². The second kappa shape index (κ2) is 12.4. The van der Waals surface area contributed by atoms with E-state index in [2.05, 4.69) is 0 Å². The number of hydrogen-bond donors (Lipinski definition) is 1. The number of benzene rings is 3. The molecule has 12 heteroatoms. The number of fused-ring (bicyclic) bond motifs is 1. The minimum absolute atomic E-state index is 0.00947. The van der Waals surface area contributed by atoms with Gasteiger partial charge in [0.15, 0.2) is 0 Å². The van der Waals surface area contributed by atoms with Crippen LogP contribution in [0.2, 0.25) is 5.02 Å². The second-order valence-electron chi connectivity index (χ2n) is 11.0. The molecule has 0 radical (unpaired) electrons. The molecule has 43 heavy (non-hydrogen) atoms. The Kier molecular flexibility index (Phi) is 8.77. The van der Waals surface area contributed by atoms with E-state index in [0.717, 1.165) is 10.5 Å². The largest absolute Gasteiger partial charge is 0.465 e. The molecule has 5 rings (SSSR count). The van der Waals surface area contributed by atoms with Gasteiger partial charge in [0.1, 0.15) is 18.2 Å².